The topological polar surface area (TPSA) is 50.8 Å². The number of ether oxygens (including phenoxy) is 1. The van der Waals surface area contributed by atoms with Gasteiger partial charge in [-0.15, -0.1) is 0 Å². The molecular formula is C17H23ClN2O3. The number of hydrogen-bond acceptors (Lipinski definition) is 5. The Morgan fingerprint density at radius 2 is 2.04 bits per heavy atom. The fraction of sp³-hybridized carbons (Fsp3) is 0.588. The van der Waals surface area contributed by atoms with Crippen LogP contribution in [0.3, 0.4) is 0 Å². The Kier molecular flexibility index (Phi) is 4.92. The molecule has 1 aliphatic carbocycles. The third kappa shape index (κ3) is 3.11. The summed E-state index contributed by atoms with van der Waals surface area (Å²) in [5.74, 6) is -0.153. The second-order valence-electron chi connectivity index (χ2n) is 6.24. The molecule has 1 heterocycles. The predicted molar refractivity (Wildman–Crippen MR) is 87.5 cm³/mol. The van der Waals surface area contributed by atoms with Gasteiger partial charge in [0.15, 0.2) is 0 Å². The number of nitrogens with zero attached hydrogens (tertiary/aromatic N) is 1. The van der Waals surface area contributed by atoms with E-state index in [1.54, 1.807) is 5.06 Å². The van der Waals surface area contributed by atoms with Crippen molar-refractivity contribution in [3.05, 3.63) is 34.9 Å². The average Bonchev–Trinajstić information content (AvgIpc) is 3.16. The molecule has 0 spiro atoms. The number of hydroxylamine groups is 2. The lowest BCUT2D eigenvalue weighted by Gasteiger charge is -2.31. The zero-order valence-electron chi connectivity index (χ0n) is 13.5. The zero-order chi connectivity index (χ0) is 16.4. The molecule has 2 aliphatic rings. The summed E-state index contributed by atoms with van der Waals surface area (Å²) in [5, 5.41) is 5.93. The molecule has 0 bridgehead atoms. The van der Waals surface area contributed by atoms with E-state index >= 15 is 0 Å². The number of rotatable bonds is 4. The van der Waals surface area contributed by atoms with Crippen molar-refractivity contribution >= 4 is 17.6 Å². The summed E-state index contributed by atoms with van der Waals surface area (Å²) >= 11 is 5.96. The number of halogens is 1. The van der Waals surface area contributed by atoms with Gasteiger partial charge in [0.05, 0.1) is 6.61 Å². The van der Waals surface area contributed by atoms with E-state index in [-0.39, 0.29) is 18.4 Å². The summed E-state index contributed by atoms with van der Waals surface area (Å²) in [6, 6.07) is 7.65. The van der Waals surface area contributed by atoms with Crippen LogP contribution in [0.25, 0.3) is 0 Å². The first kappa shape index (κ1) is 16.7. The van der Waals surface area contributed by atoms with E-state index in [1.165, 1.54) is 0 Å². The number of nitrogens with one attached hydrogen (secondary N) is 1. The van der Waals surface area contributed by atoms with Crippen molar-refractivity contribution in [2.45, 2.75) is 45.0 Å². The molecule has 0 aromatic heterocycles. The molecule has 1 aromatic rings. The Morgan fingerprint density at radius 1 is 1.39 bits per heavy atom. The van der Waals surface area contributed by atoms with Crippen LogP contribution in [0.2, 0.25) is 5.02 Å². The quantitative estimate of drug-likeness (QED) is 0.854. The van der Waals surface area contributed by atoms with Gasteiger partial charge in [0.2, 0.25) is 0 Å². The summed E-state index contributed by atoms with van der Waals surface area (Å²) < 4.78 is 5.34. The highest BCUT2D eigenvalue weighted by Crippen LogP contribution is 2.45. The molecule has 126 valence electrons. The molecule has 23 heavy (non-hydrogen) atoms. The molecule has 0 amide bonds. The first-order valence-electron chi connectivity index (χ1n) is 8.15. The Labute approximate surface area is 141 Å². The summed E-state index contributed by atoms with van der Waals surface area (Å²) in [6.45, 7) is 2.23. The first-order chi connectivity index (χ1) is 11.1. The maximum Gasteiger partial charge on any atom is 0.316 e. The van der Waals surface area contributed by atoms with Gasteiger partial charge in [-0.2, -0.15) is 5.06 Å². The monoisotopic (exact) mass is 338 g/mol. The van der Waals surface area contributed by atoms with Gasteiger partial charge < -0.3 is 4.74 Å². The van der Waals surface area contributed by atoms with Gasteiger partial charge >= 0.3 is 5.97 Å². The highest BCUT2D eigenvalue weighted by molar-refractivity contribution is 6.30. The number of hydrogen-bond donors (Lipinski definition) is 1. The van der Waals surface area contributed by atoms with Crippen molar-refractivity contribution in [3.63, 3.8) is 0 Å². The van der Waals surface area contributed by atoms with E-state index < -0.39 is 5.41 Å². The highest BCUT2D eigenvalue weighted by atomic mass is 35.5. The molecule has 5 nitrogen and oxygen atoms in total. The molecule has 1 saturated carbocycles. The van der Waals surface area contributed by atoms with Gasteiger partial charge in [0.1, 0.15) is 17.8 Å². The van der Waals surface area contributed by atoms with Crippen molar-refractivity contribution in [2.75, 3.05) is 13.7 Å². The number of esters is 1. The molecule has 1 saturated heterocycles. The first-order valence-corrected chi connectivity index (χ1v) is 8.53. The molecule has 1 aliphatic heterocycles. The van der Waals surface area contributed by atoms with Gasteiger partial charge in [-0.05, 0) is 37.5 Å². The largest absolute Gasteiger partial charge is 0.465 e. The van der Waals surface area contributed by atoms with Gasteiger partial charge in [-0.25, -0.2) is 0 Å². The van der Waals surface area contributed by atoms with Crippen LogP contribution in [0.1, 0.15) is 44.3 Å². The smallest absolute Gasteiger partial charge is 0.316 e. The normalized spacial score (nSPS) is 27.3. The van der Waals surface area contributed by atoms with Crippen molar-refractivity contribution in [2.24, 2.45) is 5.41 Å². The molecule has 0 radical (unpaired) electrons. The van der Waals surface area contributed by atoms with Crippen LogP contribution in [-0.2, 0) is 14.4 Å². The van der Waals surface area contributed by atoms with E-state index in [1.807, 2.05) is 38.2 Å². The lowest BCUT2D eigenvalue weighted by Crippen LogP contribution is -2.47. The molecular weight excluding hydrogens is 316 g/mol. The molecule has 6 heteroatoms. The molecule has 2 unspecified atom stereocenters. The highest BCUT2D eigenvalue weighted by Gasteiger charge is 2.54. The average molecular weight is 339 g/mol. The van der Waals surface area contributed by atoms with Gasteiger partial charge in [0, 0.05) is 12.1 Å². The Morgan fingerprint density at radius 3 is 2.65 bits per heavy atom. The maximum absolute atomic E-state index is 12.6. The molecule has 1 N–H and O–H groups in total. The van der Waals surface area contributed by atoms with Gasteiger partial charge in [0.25, 0.3) is 0 Å². The van der Waals surface area contributed by atoms with Crippen molar-refractivity contribution in [1.82, 2.24) is 10.4 Å². The summed E-state index contributed by atoms with van der Waals surface area (Å²) in [6.07, 6.45) is 3.17. The second-order valence-corrected chi connectivity index (χ2v) is 6.67. The van der Waals surface area contributed by atoms with Crippen LogP contribution in [0.5, 0.6) is 0 Å². The maximum atomic E-state index is 12.6. The predicted octanol–water partition coefficient (Wildman–Crippen LogP) is 3.25. The lowest BCUT2D eigenvalue weighted by molar-refractivity contribution is -0.195. The number of carbonyl (C=O) groups excluding carboxylic acids is 1. The molecule has 2 fully saturated rings. The van der Waals surface area contributed by atoms with Crippen molar-refractivity contribution in [1.29, 1.82) is 0 Å². The molecule has 2 atom stereocenters. The van der Waals surface area contributed by atoms with Crippen molar-refractivity contribution in [3.8, 4) is 0 Å². The standard InChI is InChI=1S/C17H23ClN2O3/c1-3-22-16(21)17(10-4-5-11-17)15-19-14(20(2)23-15)12-6-8-13(18)9-7-12/h6-9,14-15,19H,3-5,10-11H2,1-2H3. The van der Waals surface area contributed by atoms with E-state index in [0.29, 0.717) is 11.6 Å². The number of carbonyl (C=O) groups is 1. The van der Waals surface area contributed by atoms with Crippen molar-refractivity contribution < 1.29 is 14.4 Å². The van der Waals surface area contributed by atoms with E-state index in [9.17, 15) is 4.79 Å². The minimum atomic E-state index is -0.592. The summed E-state index contributed by atoms with van der Waals surface area (Å²) in [4.78, 5) is 18.6. The second kappa shape index (κ2) is 6.77. The fourth-order valence-corrected chi connectivity index (χ4v) is 3.70. The minimum absolute atomic E-state index is 0.107. The Hall–Kier alpha value is -1.14. The third-order valence-electron chi connectivity index (χ3n) is 4.81. The van der Waals surface area contributed by atoms with Gasteiger partial charge in [-0.3, -0.25) is 14.9 Å². The fourth-order valence-electron chi connectivity index (χ4n) is 3.57. The van der Waals surface area contributed by atoms with Gasteiger partial charge in [-0.1, -0.05) is 36.6 Å². The Balaban J connectivity index is 1.81. The molecule has 3 rings (SSSR count). The summed E-state index contributed by atoms with van der Waals surface area (Å²) in [5.41, 5.74) is 0.460. The Bertz CT molecular complexity index is 557. The SMILES string of the molecule is CCOC(=O)C1(C2NC(c3ccc(Cl)cc3)N(C)O2)CCCC1. The molecule has 1 aromatic carbocycles. The number of benzene rings is 1. The van der Waals surface area contributed by atoms with E-state index in [2.05, 4.69) is 5.32 Å². The van der Waals surface area contributed by atoms with Crippen LogP contribution >= 0.6 is 11.6 Å². The van der Waals surface area contributed by atoms with E-state index in [4.69, 9.17) is 21.2 Å². The van der Waals surface area contributed by atoms with E-state index in [0.717, 1.165) is 31.2 Å². The lowest BCUT2D eigenvalue weighted by atomic mass is 9.84. The van der Waals surface area contributed by atoms with Crippen LogP contribution in [0, 0.1) is 5.41 Å². The van der Waals surface area contributed by atoms with Crippen LogP contribution in [-0.4, -0.2) is 30.9 Å². The van der Waals surface area contributed by atoms with Crippen LogP contribution in [0.4, 0.5) is 0 Å². The van der Waals surface area contributed by atoms with Crippen LogP contribution in [0.15, 0.2) is 24.3 Å². The van der Waals surface area contributed by atoms with Crippen LogP contribution < -0.4 is 5.32 Å². The summed E-state index contributed by atoms with van der Waals surface area (Å²) in [7, 11) is 1.88. The minimum Gasteiger partial charge on any atom is -0.465 e. The third-order valence-corrected chi connectivity index (χ3v) is 5.06. The zero-order valence-corrected chi connectivity index (χ0v) is 14.3.